The van der Waals surface area contributed by atoms with Crippen LogP contribution in [0, 0.1) is 0 Å². The Morgan fingerprint density at radius 1 is 0.946 bits per heavy atom. The van der Waals surface area contributed by atoms with Gasteiger partial charge in [0.1, 0.15) is 11.4 Å². The van der Waals surface area contributed by atoms with Crippen molar-refractivity contribution in [2.75, 3.05) is 18.4 Å². The van der Waals surface area contributed by atoms with Crippen LogP contribution in [0.15, 0.2) is 84.0 Å². The Labute approximate surface area is 211 Å². The van der Waals surface area contributed by atoms with Gasteiger partial charge in [-0.3, -0.25) is 5.32 Å². The molecule has 0 aromatic heterocycles. The average Bonchev–Trinajstić information content (AvgIpc) is 3.30. The number of alkyl halides is 3. The molecule has 1 N–H and O–H groups in total. The second kappa shape index (κ2) is 10.1. The molecule has 7 nitrogen and oxygen atoms in total. The molecule has 192 valence electrons. The van der Waals surface area contributed by atoms with Crippen LogP contribution in [-0.4, -0.2) is 35.6 Å². The Balaban J connectivity index is 1.13. The lowest BCUT2D eigenvalue weighted by atomic mass is 9.86. The van der Waals surface area contributed by atoms with Gasteiger partial charge in [0.2, 0.25) is 0 Å². The first-order valence-corrected chi connectivity index (χ1v) is 11.8. The van der Waals surface area contributed by atoms with E-state index in [-0.39, 0.29) is 0 Å². The van der Waals surface area contributed by atoms with Crippen molar-refractivity contribution < 1.29 is 32.4 Å². The van der Waals surface area contributed by atoms with Crippen molar-refractivity contribution in [3.05, 3.63) is 90.0 Å². The van der Waals surface area contributed by atoms with E-state index in [2.05, 4.69) is 10.5 Å². The summed E-state index contributed by atoms with van der Waals surface area (Å²) in [7, 11) is 0. The Morgan fingerprint density at radius 2 is 1.62 bits per heavy atom. The third-order valence-corrected chi connectivity index (χ3v) is 6.33. The summed E-state index contributed by atoms with van der Waals surface area (Å²) in [5.41, 5.74) is 0.405. The van der Waals surface area contributed by atoms with Crippen molar-refractivity contribution >= 4 is 17.5 Å². The molecule has 2 aliphatic heterocycles. The number of rotatable bonds is 5. The number of carbonyl (C=O) groups is 1. The molecule has 2 aliphatic rings. The molecule has 1 spiro atoms. The molecule has 1 fully saturated rings. The third kappa shape index (κ3) is 5.86. The summed E-state index contributed by atoms with van der Waals surface area (Å²) < 4.78 is 44.4. The van der Waals surface area contributed by atoms with E-state index in [1.165, 1.54) is 12.1 Å². The molecular formula is C27H24F3N3O4. The first-order chi connectivity index (χ1) is 17.8. The minimum atomic E-state index is -4.39. The lowest BCUT2D eigenvalue weighted by molar-refractivity contribution is -0.154. The molecule has 10 heteroatoms. The maximum atomic E-state index is 12.8. The summed E-state index contributed by atoms with van der Waals surface area (Å²) in [6.07, 6.45) is -3.47. The number of piperidine rings is 1. The number of oxime groups is 1. The van der Waals surface area contributed by atoms with Crippen LogP contribution in [0.4, 0.5) is 23.7 Å². The van der Waals surface area contributed by atoms with Gasteiger partial charge in [-0.15, -0.1) is 5.06 Å². The molecule has 1 saturated heterocycles. The van der Waals surface area contributed by atoms with Crippen molar-refractivity contribution in [3.63, 3.8) is 0 Å². The summed E-state index contributed by atoms with van der Waals surface area (Å²) in [6, 6.07) is 21.2. The molecule has 3 aromatic rings. The summed E-state index contributed by atoms with van der Waals surface area (Å²) in [6.45, 7) is 0.844. The quantitative estimate of drug-likeness (QED) is 0.417. The van der Waals surface area contributed by atoms with Gasteiger partial charge in [0.15, 0.2) is 5.75 Å². The Hall–Kier alpha value is -4.05. The van der Waals surface area contributed by atoms with Gasteiger partial charge in [-0.25, -0.2) is 4.79 Å². The van der Waals surface area contributed by atoms with Gasteiger partial charge in [0, 0.05) is 32.4 Å². The zero-order valence-electron chi connectivity index (χ0n) is 19.7. The minimum Gasteiger partial charge on any atom is -0.455 e. The van der Waals surface area contributed by atoms with Gasteiger partial charge < -0.3 is 14.4 Å². The maximum Gasteiger partial charge on any atom is 0.430 e. The van der Waals surface area contributed by atoms with Crippen LogP contribution in [-0.2, 0) is 15.9 Å². The van der Waals surface area contributed by atoms with Crippen LogP contribution in [0.5, 0.6) is 11.5 Å². The normalized spacial score (nSPS) is 17.1. The number of hydrogen-bond acceptors (Lipinski definition) is 6. The second-order valence-corrected chi connectivity index (χ2v) is 8.91. The van der Waals surface area contributed by atoms with Gasteiger partial charge in [-0.05, 0) is 42.0 Å². The summed E-state index contributed by atoms with van der Waals surface area (Å²) >= 11 is 0. The number of halogens is 3. The second-order valence-electron chi connectivity index (χ2n) is 8.91. The van der Waals surface area contributed by atoms with Crippen molar-refractivity contribution in [2.24, 2.45) is 5.16 Å². The predicted molar refractivity (Wildman–Crippen MR) is 130 cm³/mol. The smallest absolute Gasteiger partial charge is 0.430 e. The number of anilines is 1. The van der Waals surface area contributed by atoms with E-state index in [1.54, 1.807) is 23.3 Å². The highest BCUT2D eigenvalue weighted by Gasteiger charge is 2.43. The van der Waals surface area contributed by atoms with E-state index in [0.29, 0.717) is 60.8 Å². The molecule has 2 heterocycles. The SMILES string of the molecule is O=C(Nc1ccccc1Oc1ccccc1)ON1CCC2(CC1)CC(c1ccc(C(F)(F)F)cc1)=NO2. The van der Waals surface area contributed by atoms with E-state index in [0.717, 1.165) is 12.1 Å². The molecule has 37 heavy (non-hydrogen) atoms. The van der Waals surface area contributed by atoms with Crippen molar-refractivity contribution in [1.29, 1.82) is 0 Å². The lowest BCUT2D eigenvalue weighted by Crippen LogP contribution is -2.45. The zero-order valence-corrected chi connectivity index (χ0v) is 19.7. The third-order valence-electron chi connectivity index (χ3n) is 6.33. The molecule has 0 atom stereocenters. The lowest BCUT2D eigenvalue weighted by Gasteiger charge is -2.35. The molecule has 0 aliphatic carbocycles. The van der Waals surface area contributed by atoms with Crippen LogP contribution in [0.3, 0.4) is 0 Å². The van der Waals surface area contributed by atoms with Gasteiger partial charge in [0.05, 0.1) is 17.0 Å². The van der Waals surface area contributed by atoms with Crippen LogP contribution in [0.25, 0.3) is 0 Å². The standard InChI is InChI=1S/C27H24F3N3O4/c28-27(29,30)20-12-10-19(11-13-20)23-18-26(37-32-23)14-16-33(17-15-26)36-25(34)31-22-8-4-5-9-24(22)35-21-6-2-1-3-7-21/h1-13H,14-18H2,(H,31,34). The van der Waals surface area contributed by atoms with Crippen LogP contribution in [0.2, 0.25) is 0 Å². The Bertz CT molecular complexity index is 1270. The van der Waals surface area contributed by atoms with Gasteiger partial charge in [0.25, 0.3) is 0 Å². The van der Waals surface area contributed by atoms with Crippen LogP contribution >= 0.6 is 0 Å². The van der Waals surface area contributed by atoms with Gasteiger partial charge in [-0.2, -0.15) is 13.2 Å². The van der Waals surface area contributed by atoms with Crippen LogP contribution in [0.1, 0.15) is 30.4 Å². The molecule has 5 rings (SSSR count). The monoisotopic (exact) mass is 511 g/mol. The molecule has 0 saturated carbocycles. The summed E-state index contributed by atoms with van der Waals surface area (Å²) in [5, 5.41) is 8.42. The fraction of sp³-hybridized carbons (Fsp3) is 0.259. The number of carbonyl (C=O) groups excluding carboxylic acids is 1. The number of nitrogens with one attached hydrogen (secondary N) is 1. The predicted octanol–water partition coefficient (Wildman–Crippen LogP) is 6.62. The number of benzene rings is 3. The van der Waals surface area contributed by atoms with E-state index >= 15 is 0 Å². The number of para-hydroxylation sites is 3. The van der Waals surface area contributed by atoms with E-state index in [1.807, 2.05) is 36.4 Å². The topological polar surface area (TPSA) is 72.4 Å². The molecule has 3 aromatic carbocycles. The van der Waals surface area contributed by atoms with Gasteiger partial charge in [-0.1, -0.05) is 47.6 Å². The number of amides is 1. The Kier molecular flexibility index (Phi) is 6.75. The first kappa shape index (κ1) is 24.6. The highest BCUT2D eigenvalue weighted by Crippen LogP contribution is 2.37. The minimum absolute atomic E-state index is 0.422. The molecule has 0 bridgehead atoms. The Morgan fingerprint density at radius 3 is 2.32 bits per heavy atom. The van der Waals surface area contributed by atoms with E-state index in [4.69, 9.17) is 14.4 Å². The zero-order chi connectivity index (χ0) is 25.9. The van der Waals surface area contributed by atoms with E-state index in [9.17, 15) is 18.0 Å². The molecule has 0 unspecified atom stereocenters. The first-order valence-electron chi connectivity index (χ1n) is 11.8. The number of hydroxylamine groups is 2. The highest BCUT2D eigenvalue weighted by atomic mass is 19.4. The number of ether oxygens (including phenoxy) is 1. The van der Waals surface area contributed by atoms with Crippen molar-refractivity contribution in [2.45, 2.75) is 31.0 Å². The largest absolute Gasteiger partial charge is 0.455 e. The van der Waals surface area contributed by atoms with E-state index < -0.39 is 23.4 Å². The fourth-order valence-electron chi connectivity index (χ4n) is 4.31. The average molecular weight is 512 g/mol. The van der Waals surface area contributed by atoms with Gasteiger partial charge >= 0.3 is 12.3 Å². The fourth-order valence-corrected chi connectivity index (χ4v) is 4.31. The highest BCUT2D eigenvalue weighted by molar-refractivity contribution is 6.01. The summed E-state index contributed by atoms with van der Waals surface area (Å²) in [4.78, 5) is 23.8. The number of nitrogens with zero attached hydrogens (tertiary/aromatic N) is 2. The molecule has 1 amide bonds. The molecular weight excluding hydrogens is 487 g/mol. The van der Waals surface area contributed by atoms with Crippen LogP contribution < -0.4 is 10.1 Å². The van der Waals surface area contributed by atoms with Crippen molar-refractivity contribution in [3.8, 4) is 11.5 Å². The van der Waals surface area contributed by atoms with Crippen molar-refractivity contribution in [1.82, 2.24) is 5.06 Å². The maximum absolute atomic E-state index is 12.8. The number of hydrogen-bond donors (Lipinski definition) is 1. The summed E-state index contributed by atoms with van der Waals surface area (Å²) in [5.74, 6) is 1.12. The molecule has 0 radical (unpaired) electrons.